The van der Waals surface area contributed by atoms with Gasteiger partial charge < -0.3 is 33.2 Å². The fraction of sp³-hybridized carbons (Fsp3) is 0.500. The number of amides is 2. The number of fused-ring (bicyclic) bond motifs is 1. The van der Waals surface area contributed by atoms with Gasteiger partial charge in [-0.3, -0.25) is 38.9 Å². The Kier molecular flexibility index (Phi) is 16.3. The van der Waals surface area contributed by atoms with Gasteiger partial charge in [-0.1, -0.05) is 0 Å². The Morgan fingerprint density at radius 3 is 1.31 bits per heavy atom. The molecule has 0 radical (unpaired) electrons. The van der Waals surface area contributed by atoms with Crippen molar-refractivity contribution in [1.82, 2.24) is 19.8 Å². The highest BCUT2D eigenvalue weighted by atomic mass is 79.9. The number of carbonyl (C=O) groups is 9. The Labute approximate surface area is 339 Å². The van der Waals surface area contributed by atoms with Crippen LogP contribution in [0, 0.1) is 0 Å². The third-order valence-corrected chi connectivity index (χ3v) is 8.41. The summed E-state index contributed by atoms with van der Waals surface area (Å²) in [6.07, 6.45) is -7.41. The maximum absolute atomic E-state index is 13.7. The minimum absolute atomic E-state index is 0.0594. The average Bonchev–Trinajstić information content (AvgIpc) is 3.55. The molecule has 0 aliphatic carbocycles. The summed E-state index contributed by atoms with van der Waals surface area (Å²) >= 11 is 3.42. The van der Waals surface area contributed by atoms with E-state index in [1.807, 2.05) is 0 Å². The van der Waals surface area contributed by atoms with E-state index in [9.17, 15) is 43.2 Å². The van der Waals surface area contributed by atoms with Gasteiger partial charge in [0.1, 0.15) is 5.52 Å². The lowest BCUT2D eigenvalue weighted by molar-refractivity contribution is -0.187. The van der Waals surface area contributed by atoms with Crippen LogP contribution in [-0.4, -0.2) is 135 Å². The summed E-state index contributed by atoms with van der Waals surface area (Å²) in [6.45, 7) is 10.4. The van der Waals surface area contributed by atoms with Crippen LogP contribution >= 0.6 is 15.9 Å². The van der Waals surface area contributed by atoms with E-state index >= 15 is 0 Å². The SMILES string of the molecule is CC(=O)OC(C)C(=O)OC(C)C(=O)OC(C)C(=O)OC(C)C(=O)OC(C)C(=O)OC(C)C(=O)N1CCN(C(=O)C(C)OC(C)=O)C1=Nc1cc(Br)c2nccnc2c1. The van der Waals surface area contributed by atoms with Crippen LogP contribution in [0.4, 0.5) is 5.69 Å². The van der Waals surface area contributed by atoms with E-state index in [4.69, 9.17) is 28.4 Å². The summed E-state index contributed by atoms with van der Waals surface area (Å²) < 4.78 is 35.4. The number of rotatable bonds is 15. The van der Waals surface area contributed by atoms with E-state index in [0.717, 1.165) is 51.3 Å². The van der Waals surface area contributed by atoms with Crippen LogP contribution in [0.3, 0.4) is 0 Å². The number of halogens is 1. The van der Waals surface area contributed by atoms with Crippen LogP contribution in [0.5, 0.6) is 0 Å². The molecule has 314 valence electrons. The number of ether oxygens (including phenoxy) is 7. The Balaban J connectivity index is 1.64. The highest BCUT2D eigenvalue weighted by molar-refractivity contribution is 9.10. The number of esters is 7. The molecular weight excluding hydrogens is 838 g/mol. The quantitative estimate of drug-likeness (QED) is 0.182. The highest BCUT2D eigenvalue weighted by Gasteiger charge is 2.41. The number of aromatic nitrogens is 2. The number of benzene rings is 1. The summed E-state index contributed by atoms with van der Waals surface area (Å²) in [5.74, 6) is -8.86. The molecule has 1 saturated heterocycles. The molecule has 1 aliphatic heterocycles. The highest BCUT2D eigenvalue weighted by Crippen LogP contribution is 2.28. The second-order valence-electron chi connectivity index (χ2n) is 12.6. The summed E-state index contributed by atoms with van der Waals surface area (Å²) in [7, 11) is 0. The average molecular weight is 881 g/mol. The molecule has 1 aliphatic rings. The predicted octanol–water partition coefficient (Wildman–Crippen LogP) is 1.61. The molecule has 1 fully saturated rings. The van der Waals surface area contributed by atoms with Crippen molar-refractivity contribution in [1.29, 1.82) is 0 Å². The van der Waals surface area contributed by atoms with Crippen LogP contribution in [0.15, 0.2) is 34.0 Å². The zero-order valence-corrected chi connectivity index (χ0v) is 34.5. The van der Waals surface area contributed by atoms with Crippen molar-refractivity contribution in [2.75, 3.05) is 13.1 Å². The molecule has 0 spiro atoms. The van der Waals surface area contributed by atoms with Crippen molar-refractivity contribution in [2.45, 2.75) is 105 Å². The van der Waals surface area contributed by atoms with Crippen molar-refractivity contribution in [2.24, 2.45) is 4.99 Å². The third kappa shape index (κ3) is 12.5. The van der Waals surface area contributed by atoms with E-state index in [-0.39, 0.29) is 24.7 Å². The molecule has 58 heavy (non-hydrogen) atoms. The van der Waals surface area contributed by atoms with E-state index < -0.39 is 96.3 Å². The number of aliphatic imine (C=N–C) groups is 1. The number of carbonyl (C=O) groups excluding carboxylic acids is 9. The van der Waals surface area contributed by atoms with Crippen molar-refractivity contribution >= 4 is 92.2 Å². The largest absolute Gasteiger partial charge is 0.453 e. The van der Waals surface area contributed by atoms with Crippen LogP contribution in [0.2, 0.25) is 0 Å². The van der Waals surface area contributed by atoms with Gasteiger partial charge in [0, 0.05) is 43.8 Å². The van der Waals surface area contributed by atoms with Gasteiger partial charge in [0.15, 0.2) is 42.7 Å². The monoisotopic (exact) mass is 879 g/mol. The lowest BCUT2D eigenvalue weighted by Gasteiger charge is -2.25. The lowest BCUT2D eigenvalue weighted by atomic mass is 10.2. The van der Waals surface area contributed by atoms with E-state index in [1.165, 1.54) is 33.2 Å². The third-order valence-electron chi connectivity index (χ3n) is 7.81. The molecule has 2 heterocycles. The molecule has 7 unspecified atom stereocenters. The van der Waals surface area contributed by atoms with Crippen molar-refractivity contribution in [3.05, 3.63) is 29.0 Å². The minimum Gasteiger partial charge on any atom is -0.453 e. The Morgan fingerprint density at radius 2 is 0.897 bits per heavy atom. The van der Waals surface area contributed by atoms with Crippen LogP contribution in [-0.2, 0) is 76.3 Å². The first kappa shape index (κ1) is 46.3. The van der Waals surface area contributed by atoms with Crippen molar-refractivity contribution < 1.29 is 76.3 Å². The first-order chi connectivity index (χ1) is 27.1. The van der Waals surface area contributed by atoms with Crippen molar-refractivity contribution in [3.8, 4) is 0 Å². The molecule has 7 atom stereocenters. The standard InChI is InChI=1S/C36H42BrN5O16/c1-16(52-23(8)43)29(45)41-12-13-42(36(41)40-25-14-26(37)28-27(15-25)38-10-11-39-28)30(46)17(2)54-32(48)19(4)56-34(50)21(6)58-35(51)22(7)57-33(49)20(5)55-31(47)18(3)53-24(9)44/h10-11,14-22H,12-13H2,1-9H3. The molecule has 2 amide bonds. The van der Waals surface area contributed by atoms with Crippen LogP contribution < -0.4 is 0 Å². The van der Waals surface area contributed by atoms with Gasteiger partial charge in [0.05, 0.1) is 11.2 Å². The minimum atomic E-state index is -1.62. The number of hydrogen-bond acceptors (Lipinski definition) is 19. The molecular formula is C36H42BrN5O16. The summed E-state index contributed by atoms with van der Waals surface area (Å²) in [5.41, 5.74) is 1.25. The molecule has 2 aromatic rings. The molecule has 0 N–H and O–H groups in total. The van der Waals surface area contributed by atoms with E-state index in [0.29, 0.717) is 15.5 Å². The Hall–Kier alpha value is -6.06. The van der Waals surface area contributed by atoms with Gasteiger partial charge in [-0.15, -0.1) is 0 Å². The van der Waals surface area contributed by atoms with Crippen LogP contribution in [0.1, 0.15) is 62.3 Å². The summed E-state index contributed by atoms with van der Waals surface area (Å²) in [5, 5.41) is 0. The van der Waals surface area contributed by atoms with E-state index in [1.54, 1.807) is 12.1 Å². The fourth-order valence-electron chi connectivity index (χ4n) is 4.91. The Morgan fingerprint density at radius 1 is 0.552 bits per heavy atom. The lowest BCUT2D eigenvalue weighted by Crippen LogP contribution is -2.47. The van der Waals surface area contributed by atoms with Gasteiger partial charge in [0.25, 0.3) is 11.8 Å². The molecule has 22 heteroatoms. The zero-order valence-electron chi connectivity index (χ0n) is 32.9. The fourth-order valence-corrected chi connectivity index (χ4v) is 5.45. The number of guanidine groups is 1. The van der Waals surface area contributed by atoms with E-state index in [2.05, 4.69) is 35.6 Å². The second kappa shape index (κ2) is 20.4. The van der Waals surface area contributed by atoms with Crippen LogP contribution in [0.25, 0.3) is 11.0 Å². The van der Waals surface area contributed by atoms with Gasteiger partial charge >= 0.3 is 41.8 Å². The maximum atomic E-state index is 13.7. The van der Waals surface area contributed by atoms with Gasteiger partial charge in [-0.2, -0.15) is 0 Å². The molecule has 0 saturated carbocycles. The Bertz CT molecular complexity index is 1990. The zero-order chi connectivity index (χ0) is 43.6. The maximum Gasteiger partial charge on any atom is 0.347 e. The predicted molar refractivity (Wildman–Crippen MR) is 198 cm³/mol. The smallest absolute Gasteiger partial charge is 0.347 e. The topological polar surface area (TPSA) is 263 Å². The van der Waals surface area contributed by atoms with Gasteiger partial charge in [0.2, 0.25) is 5.96 Å². The second-order valence-corrected chi connectivity index (χ2v) is 13.5. The molecule has 1 aromatic heterocycles. The molecule has 1 aromatic carbocycles. The first-order valence-corrected chi connectivity index (χ1v) is 18.4. The van der Waals surface area contributed by atoms with Crippen molar-refractivity contribution in [3.63, 3.8) is 0 Å². The molecule has 21 nitrogen and oxygen atoms in total. The summed E-state index contributed by atoms with van der Waals surface area (Å²) in [6, 6.07) is 3.16. The molecule has 3 rings (SSSR count). The van der Waals surface area contributed by atoms with Gasteiger partial charge in [-0.05, 0) is 76.5 Å². The van der Waals surface area contributed by atoms with Gasteiger partial charge in [-0.25, -0.2) is 29.0 Å². The normalized spacial score (nSPS) is 16.8. The number of hydrogen-bond donors (Lipinski definition) is 0. The number of nitrogens with zero attached hydrogens (tertiary/aromatic N) is 5. The summed E-state index contributed by atoms with van der Waals surface area (Å²) in [4.78, 5) is 128. The molecule has 0 bridgehead atoms. The first-order valence-electron chi connectivity index (χ1n) is 17.6.